The summed E-state index contributed by atoms with van der Waals surface area (Å²) in [7, 11) is 0. The third-order valence-corrected chi connectivity index (χ3v) is 6.19. The minimum absolute atomic E-state index is 0. The zero-order chi connectivity index (χ0) is 25.5. The van der Waals surface area contributed by atoms with E-state index in [1.54, 1.807) is 12.3 Å². The van der Waals surface area contributed by atoms with Crippen LogP contribution in [0.3, 0.4) is 0 Å². The number of pyridine rings is 2. The van der Waals surface area contributed by atoms with E-state index in [2.05, 4.69) is 86.2 Å². The summed E-state index contributed by atoms with van der Waals surface area (Å²) in [4.78, 5) is 8.81. The van der Waals surface area contributed by atoms with E-state index in [1.807, 2.05) is 48.7 Å². The van der Waals surface area contributed by atoms with Gasteiger partial charge in [-0.2, -0.15) is 0 Å². The molecule has 0 saturated heterocycles. The molecule has 1 radical (unpaired) electrons. The summed E-state index contributed by atoms with van der Waals surface area (Å²) in [5.74, 6) is 0.739. The zero-order valence-electron chi connectivity index (χ0n) is 21.6. The van der Waals surface area contributed by atoms with Crippen LogP contribution in [-0.2, 0) is 20.1 Å². The topological polar surface area (TPSA) is 46.0 Å². The molecule has 0 spiro atoms. The Balaban J connectivity index is 0.000000205. The molecule has 0 bridgehead atoms. The number of hydrogen-bond donors (Lipinski definition) is 1. The number of para-hydroxylation sites is 1. The SMILES string of the molecule is CC(C)c1ccnc(-c2ccccc2O)c1.Cc1cnc(-c2[c-]ccc(-c3ccccc3)c2)cc1C.[Ir]. The molecule has 189 valence electrons. The van der Waals surface area contributed by atoms with Gasteiger partial charge in [0.1, 0.15) is 5.75 Å². The largest absolute Gasteiger partial charge is 0.507 e. The van der Waals surface area contributed by atoms with E-state index in [-0.39, 0.29) is 25.9 Å². The number of benzene rings is 3. The van der Waals surface area contributed by atoms with E-state index >= 15 is 0 Å². The van der Waals surface area contributed by atoms with Gasteiger partial charge in [0.05, 0.1) is 5.69 Å². The molecule has 5 aromatic rings. The van der Waals surface area contributed by atoms with Crippen LogP contribution >= 0.6 is 0 Å². The Morgan fingerprint density at radius 2 is 1.46 bits per heavy atom. The molecule has 0 aliphatic rings. The first-order valence-corrected chi connectivity index (χ1v) is 12.2. The first-order chi connectivity index (χ1) is 17.4. The molecule has 5 rings (SSSR count). The molecule has 37 heavy (non-hydrogen) atoms. The van der Waals surface area contributed by atoms with Gasteiger partial charge < -0.3 is 10.1 Å². The molecule has 0 amide bonds. The van der Waals surface area contributed by atoms with Crippen LogP contribution in [0.25, 0.3) is 33.6 Å². The van der Waals surface area contributed by atoms with E-state index in [9.17, 15) is 5.11 Å². The molecule has 0 unspecified atom stereocenters. The van der Waals surface area contributed by atoms with Gasteiger partial charge in [0.2, 0.25) is 0 Å². The van der Waals surface area contributed by atoms with Crippen molar-refractivity contribution in [3.05, 3.63) is 126 Å². The Morgan fingerprint density at radius 3 is 2.16 bits per heavy atom. The fourth-order valence-electron chi connectivity index (χ4n) is 3.84. The van der Waals surface area contributed by atoms with Crippen LogP contribution in [-0.4, -0.2) is 15.1 Å². The van der Waals surface area contributed by atoms with Crippen molar-refractivity contribution in [2.75, 3.05) is 0 Å². The Morgan fingerprint density at radius 1 is 0.730 bits per heavy atom. The molecule has 0 fully saturated rings. The maximum absolute atomic E-state index is 9.75. The van der Waals surface area contributed by atoms with E-state index in [4.69, 9.17) is 0 Å². The van der Waals surface area contributed by atoms with Gasteiger partial charge in [0, 0.05) is 38.1 Å². The van der Waals surface area contributed by atoms with Crippen LogP contribution in [0.2, 0.25) is 0 Å². The summed E-state index contributed by atoms with van der Waals surface area (Å²) in [6.07, 6.45) is 3.71. The van der Waals surface area contributed by atoms with Crippen LogP contribution in [0.15, 0.2) is 103 Å². The monoisotopic (exact) mass is 664 g/mol. The number of hydrogen-bond acceptors (Lipinski definition) is 3. The first kappa shape index (κ1) is 28.0. The Bertz CT molecular complexity index is 1450. The fourth-order valence-corrected chi connectivity index (χ4v) is 3.84. The first-order valence-electron chi connectivity index (χ1n) is 12.2. The van der Waals surface area contributed by atoms with E-state index in [0.717, 1.165) is 22.5 Å². The van der Waals surface area contributed by atoms with Crippen molar-refractivity contribution < 1.29 is 25.2 Å². The Hall–Kier alpha value is -3.59. The summed E-state index contributed by atoms with van der Waals surface area (Å²) in [6.45, 7) is 8.48. The predicted octanol–water partition coefficient (Wildman–Crippen LogP) is 8.41. The van der Waals surface area contributed by atoms with Crippen LogP contribution in [0.4, 0.5) is 0 Å². The van der Waals surface area contributed by atoms with Crippen molar-refractivity contribution in [1.82, 2.24) is 9.97 Å². The number of rotatable bonds is 4. The van der Waals surface area contributed by atoms with Crippen molar-refractivity contribution in [2.24, 2.45) is 0 Å². The quantitative estimate of drug-likeness (QED) is 0.197. The van der Waals surface area contributed by atoms with Crippen LogP contribution in [0.5, 0.6) is 5.75 Å². The summed E-state index contributed by atoms with van der Waals surface area (Å²) < 4.78 is 0. The average Bonchev–Trinajstić information content (AvgIpc) is 2.91. The number of aryl methyl sites for hydroxylation is 2. The Labute approximate surface area is 233 Å². The maximum Gasteiger partial charge on any atom is 0.124 e. The van der Waals surface area contributed by atoms with Crippen molar-refractivity contribution in [3.8, 4) is 39.4 Å². The molecular formula is C33H31IrN2O-. The molecule has 3 aromatic carbocycles. The van der Waals surface area contributed by atoms with Gasteiger partial charge in [-0.15, -0.1) is 35.4 Å². The number of phenolic OH excluding ortho intramolecular Hbond substituents is 1. The van der Waals surface area contributed by atoms with Crippen LogP contribution < -0.4 is 0 Å². The van der Waals surface area contributed by atoms with Crippen molar-refractivity contribution in [3.63, 3.8) is 0 Å². The second-order valence-electron chi connectivity index (χ2n) is 9.16. The summed E-state index contributed by atoms with van der Waals surface area (Å²) in [5.41, 5.74) is 9.73. The van der Waals surface area contributed by atoms with Gasteiger partial charge in [0.25, 0.3) is 0 Å². The van der Waals surface area contributed by atoms with E-state index in [0.29, 0.717) is 5.92 Å². The molecule has 1 N–H and O–H groups in total. The molecule has 0 saturated carbocycles. The van der Waals surface area contributed by atoms with E-state index < -0.39 is 0 Å². The van der Waals surface area contributed by atoms with Crippen molar-refractivity contribution in [2.45, 2.75) is 33.6 Å². The summed E-state index contributed by atoms with van der Waals surface area (Å²) >= 11 is 0. The van der Waals surface area contributed by atoms with Gasteiger partial charge in [-0.1, -0.05) is 67.9 Å². The molecule has 4 heteroatoms. The summed E-state index contributed by atoms with van der Waals surface area (Å²) in [6, 6.07) is 33.3. The molecule has 2 aromatic heterocycles. The fraction of sp³-hybridized carbons (Fsp3) is 0.152. The molecule has 0 aliphatic carbocycles. The third-order valence-electron chi connectivity index (χ3n) is 6.19. The molecule has 2 heterocycles. The number of aromatic nitrogens is 2. The minimum Gasteiger partial charge on any atom is -0.507 e. The number of phenols is 1. The smallest absolute Gasteiger partial charge is 0.124 e. The van der Waals surface area contributed by atoms with E-state index in [1.165, 1.54) is 27.8 Å². The minimum atomic E-state index is 0. The third kappa shape index (κ3) is 7.22. The number of aromatic hydroxyl groups is 1. The molecule has 0 aliphatic heterocycles. The van der Waals surface area contributed by atoms with Crippen molar-refractivity contribution >= 4 is 0 Å². The number of nitrogens with zero attached hydrogens (tertiary/aromatic N) is 2. The van der Waals surface area contributed by atoms with Crippen LogP contribution in [0.1, 0.15) is 36.5 Å². The van der Waals surface area contributed by atoms with Gasteiger partial charge in [-0.05, 0) is 66.4 Å². The average molecular weight is 664 g/mol. The zero-order valence-corrected chi connectivity index (χ0v) is 24.0. The van der Waals surface area contributed by atoms with Crippen LogP contribution in [0, 0.1) is 19.9 Å². The van der Waals surface area contributed by atoms with Gasteiger partial charge in [-0.25, -0.2) is 0 Å². The van der Waals surface area contributed by atoms with Gasteiger partial charge in [0.15, 0.2) is 0 Å². The standard InChI is InChI=1S/C19H16N.C14H15NO.Ir/c1-14-11-19(20-13-15(14)2)18-10-6-9-17(12-18)16-7-4-3-5-8-16;1-10(2)11-7-8-15-13(9-11)12-5-3-4-6-14(12)16;/h3-9,11-13H,1-2H3;3-10,16H,1-2H3;/q-1;;. The van der Waals surface area contributed by atoms with Crippen molar-refractivity contribution in [1.29, 1.82) is 0 Å². The summed E-state index contributed by atoms with van der Waals surface area (Å²) in [5, 5.41) is 9.75. The molecular weight excluding hydrogens is 633 g/mol. The second kappa shape index (κ2) is 13.1. The maximum atomic E-state index is 9.75. The normalized spacial score (nSPS) is 10.3. The predicted molar refractivity (Wildman–Crippen MR) is 149 cm³/mol. The van der Waals surface area contributed by atoms with Gasteiger partial charge >= 0.3 is 0 Å². The molecule has 0 atom stereocenters. The second-order valence-corrected chi connectivity index (χ2v) is 9.16. The van der Waals surface area contributed by atoms with Gasteiger partial charge in [-0.3, -0.25) is 4.98 Å². The molecule has 3 nitrogen and oxygen atoms in total. The Kier molecular flexibility index (Phi) is 9.91.